The van der Waals surface area contributed by atoms with Crippen molar-refractivity contribution in [1.29, 1.82) is 0 Å². The van der Waals surface area contributed by atoms with Crippen LogP contribution < -0.4 is 20.7 Å². The zero-order valence-corrected chi connectivity index (χ0v) is 27.4. The fraction of sp³-hybridized carbons (Fsp3) is 0.278. The van der Waals surface area contributed by atoms with Crippen molar-refractivity contribution in [2.75, 3.05) is 17.0 Å². The highest BCUT2D eigenvalue weighted by Crippen LogP contribution is 2.20. The normalized spacial score (nSPS) is 14.0. The van der Waals surface area contributed by atoms with E-state index in [1.54, 1.807) is 12.1 Å². The average molecular weight is 661 g/mol. The number of sulfonamides is 1. The molecule has 0 spiro atoms. The van der Waals surface area contributed by atoms with Crippen LogP contribution in [0.25, 0.3) is 0 Å². The Labute approximate surface area is 275 Å². The molecule has 0 heterocycles. The van der Waals surface area contributed by atoms with Gasteiger partial charge in [-0.3, -0.25) is 14.3 Å². The van der Waals surface area contributed by atoms with Crippen LogP contribution in [0.15, 0.2) is 103 Å². The Bertz CT molecular complexity index is 1740. The number of amides is 2. The number of aliphatic hydroxyl groups is 1. The third-order valence-corrected chi connectivity index (χ3v) is 9.15. The monoisotopic (exact) mass is 660 g/mol. The molecule has 4 atom stereocenters. The number of aliphatic hydroxyl groups excluding tert-OH is 1. The Balaban J connectivity index is 1.58. The number of carbonyl (C=O) groups excluding carboxylic acids is 2. The molecule has 0 saturated heterocycles. The molecule has 0 aliphatic heterocycles. The molecule has 4 aromatic carbocycles. The molecule has 9 nitrogen and oxygen atoms in total. The van der Waals surface area contributed by atoms with Crippen LogP contribution in [0.1, 0.15) is 70.3 Å². The molecule has 0 bridgehead atoms. The maximum absolute atomic E-state index is 13.8. The largest absolute Gasteiger partial charge is 0.390 e. The van der Waals surface area contributed by atoms with E-state index in [2.05, 4.69) is 20.7 Å². The van der Waals surface area contributed by atoms with E-state index in [1.807, 2.05) is 74.5 Å². The van der Waals surface area contributed by atoms with Gasteiger partial charge in [-0.2, -0.15) is 0 Å². The third kappa shape index (κ3) is 10.5. The van der Waals surface area contributed by atoms with Crippen LogP contribution in [0.2, 0.25) is 0 Å². The number of nitrogens with one attached hydrogen (secondary N) is 4. The van der Waals surface area contributed by atoms with Crippen molar-refractivity contribution in [3.8, 4) is 0 Å². The quantitative estimate of drug-likeness (QED) is 0.120. The summed E-state index contributed by atoms with van der Waals surface area (Å²) in [5, 5.41) is 20.3. The van der Waals surface area contributed by atoms with E-state index < -0.39 is 34.0 Å². The molecule has 11 heteroatoms. The number of halogens is 1. The van der Waals surface area contributed by atoms with Gasteiger partial charge in [0.15, 0.2) is 0 Å². The van der Waals surface area contributed by atoms with Gasteiger partial charge in [0.25, 0.3) is 11.8 Å². The van der Waals surface area contributed by atoms with E-state index in [4.69, 9.17) is 0 Å². The van der Waals surface area contributed by atoms with Crippen molar-refractivity contribution < 1.29 is 27.5 Å². The number of anilines is 1. The van der Waals surface area contributed by atoms with Crippen LogP contribution in [0.4, 0.5) is 10.1 Å². The Morgan fingerprint density at radius 2 is 1.32 bits per heavy atom. The molecule has 0 unspecified atom stereocenters. The molecule has 0 fully saturated rings. The van der Waals surface area contributed by atoms with Gasteiger partial charge in [0.05, 0.1) is 29.6 Å². The Hall–Kier alpha value is -4.58. The number of benzene rings is 4. The summed E-state index contributed by atoms with van der Waals surface area (Å²) in [5.41, 5.74) is 2.78. The van der Waals surface area contributed by atoms with E-state index >= 15 is 0 Å². The third-order valence-electron chi connectivity index (χ3n) is 7.84. The first kappa shape index (κ1) is 35.3. The summed E-state index contributed by atoms with van der Waals surface area (Å²) in [7, 11) is -3.72. The first-order valence-electron chi connectivity index (χ1n) is 15.5. The van der Waals surface area contributed by atoms with Crippen molar-refractivity contribution in [2.45, 2.75) is 51.4 Å². The smallest absolute Gasteiger partial charge is 0.251 e. The van der Waals surface area contributed by atoms with E-state index in [0.717, 1.165) is 16.7 Å². The maximum atomic E-state index is 13.8. The van der Waals surface area contributed by atoms with Gasteiger partial charge in [-0.05, 0) is 74.2 Å². The summed E-state index contributed by atoms with van der Waals surface area (Å²) in [5.74, 6) is -1.64. The van der Waals surface area contributed by atoms with Gasteiger partial charge in [0, 0.05) is 23.7 Å². The molecule has 0 saturated carbocycles. The molecule has 4 aromatic rings. The summed E-state index contributed by atoms with van der Waals surface area (Å²) in [6.45, 7) is 5.30. The summed E-state index contributed by atoms with van der Waals surface area (Å²) in [6.07, 6.45) is -0.747. The number of rotatable bonds is 15. The van der Waals surface area contributed by atoms with Crippen LogP contribution in [-0.4, -0.2) is 49.8 Å². The molecule has 0 aliphatic carbocycles. The highest BCUT2D eigenvalue weighted by Gasteiger charge is 2.25. The van der Waals surface area contributed by atoms with Gasteiger partial charge in [0.1, 0.15) is 5.82 Å². The first-order valence-corrected chi connectivity index (χ1v) is 17.1. The van der Waals surface area contributed by atoms with Crippen LogP contribution in [0, 0.1) is 5.82 Å². The predicted molar refractivity (Wildman–Crippen MR) is 182 cm³/mol. The highest BCUT2D eigenvalue weighted by atomic mass is 32.2. The fourth-order valence-corrected chi connectivity index (χ4v) is 5.64. The predicted octanol–water partition coefficient (Wildman–Crippen LogP) is 5.13. The second-order valence-electron chi connectivity index (χ2n) is 11.4. The van der Waals surface area contributed by atoms with Crippen LogP contribution in [0.3, 0.4) is 0 Å². The molecule has 47 heavy (non-hydrogen) atoms. The van der Waals surface area contributed by atoms with Crippen molar-refractivity contribution in [2.24, 2.45) is 0 Å². The first-order chi connectivity index (χ1) is 22.4. The van der Waals surface area contributed by atoms with E-state index in [-0.39, 0.29) is 47.0 Å². The minimum Gasteiger partial charge on any atom is -0.390 e. The Morgan fingerprint density at radius 3 is 1.91 bits per heavy atom. The molecule has 0 aromatic heterocycles. The molecule has 0 radical (unpaired) electrons. The standard InChI is InChI=1S/C36H41FN4O5S/c1-4-47(45,46)41-32-21-29(35(43)39-25(3)27-13-9-6-10-14-27)20-30(22-32)36(44)40-33(19-26-11-7-5-8-12-26)34(42)23-38-24(2)28-15-17-31(37)18-16-28/h5-18,20-22,24-25,33-34,38,41-42H,4,19,23H2,1-3H3,(H,39,43)(H,40,44)/t24-,25+,33-,34+/m0/s1. The molecule has 4 rings (SSSR count). The fourth-order valence-electron chi connectivity index (χ4n) is 5.02. The zero-order chi connectivity index (χ0) is 34.0. The second-order valence-corrected chi connectivity index (χ2v) is 13.4. The summed E-state index contributed by atoms with van der Waals surface area (Å²) >= 11 is 0. The van der Waals surface area contributed by atoms with Gasteiger partial charge in [0.2, 0.25) is 10.0 Å². The molecular weight excluding hydrogens is 619 g/mol. The van der Waals surface area contributed by atoms with E-state index in [9.17, 15) is 27.5 Å². The van der Waals surface area contributed by atoms with Crippen molar-refractivity contribution in [1.82, 2.24) is 16.0 Å². The van der Waals surface area contributed by atoms with Gasteiger partial charge >= 0.3 is 0 Å². The lowest BCUT2D eigenvalue weighted by atomic mass is 9.99. The highest BCUT2D eigenvalue weighted by molar-refractivity contribution is 7.92. The number of carbonyl (C=O) groups is 2. The maximum Gasteiger partial charge on any atom is 0.251 e. The summed E-state index contributed by atoms with van der Waals surface area (Å²) in [6, 6.07) is 27.6. The van der Waals surface area contributed by atoms with Gasteiger partial charge < -0.3 is 21.1 Å². The summed E-state index contributed by atoms with van der Waals surface area (Å²) < 4.78 is 40.7. The van der Waals surface area contributed by atoms with Gasteiger partial charge in [-0.25, -0.2) is 12.8 Å². The van der Waals surface area contributed by atoms with Crippen molar-refractivity contribution >= 4 is 27.5 Å². The summed E-state index contributed by atoms with van der Waals surface area (Å²) in [4.78, 5) is 27.1. The van der Waals surface area contributed by atoms with Gasteiger partial charge in [-0.15, -0.1) is 0 Å². The minimum atomic E-state index is -3.72. The minimum absolute atomic E-state index is 0.0386. The average Bonchev–Trinajstić information content (AvgIpc) is 3.07. The van der Waals surface area contributed by atoms with Crippen LogP contribution in [0.5, 0.6) is 0 Å². The Kier molecular flexibility index (Phi) is 12.2. The molecule has 0 aliphatic rings. The zero-order valence-electron chi connectivity index (χ0n) is 26.6. The molecule has 2 amide bonds. The number of hydrogen-bond donors (Lipinski definition) is 5. The lowest BCUT2D eigenvalue weighted by molar-refractivity contribution is 0.0825. The van der Waals surface area contributed by atoms with Crippen molar-refractivity contribution in [3.05, 3.63) is 137 Å². The van der Waals surface area contributed by atoms with Crippen LogP contribution >= 0.6 is 0 Å². The molecule has 248 valence electrons. The molecule has 5 N–H and O–H groups in total. The lowest BCUT2D eigenvalue weighted by Gasteiger charge is -2.26. The SMILES string of the molecule is CCS(=O)(=O)Nc1cc(C(=O)N[C@@H](Cc2ccccc2)[C@H](O)CN[C@@H](C)c2ccc(F)cc2)cc(C(=O)N[C@H](C)c2ccccc2)c1. The molecular formula is C36H41FN4O5S. The van der Waals surface area contributed by atoms with E-state index in [1.165, 1.54) is 37.3 Å². The van der Waals surface area contributed by atoms with Crippen molar-refractivity contribution in [3.63, 3.8) is 0 Å². The van der Waals surface area contributed by atoms with Crippen LogP contribution in [-0.2, 0) is 16.4 Å². The Morgan fingerprint density at radius 1 is 0.766 bits per heavy atom. The van der Waals surface area contributed by atoms with E-state index in [0.29, 0.717) is 6.42 Å². The lowest BCUT2D eigenvalue weighted by Crippen LogP contribution is -2.49. The van der Waals surface area contributed by atoms with Gasteiger partial charge in [-0.1, -0.05) is 72.8 Å². The second kappa shape index (κ2) is 16.3. The topological polar surface area (TPSA) is 137 Å². The number of hydrogen-bond acceptors (Lipinski definition) is 6.